The Bertz CT molecular complexity index is 974. The second-order valence-electron chi connectivity index (χ2n) is 7.52. The third-order valence-corrected chi connectivity index (χ3v) is 4.89. The molecule has 0 aliphatic carbocycles. The number of hydrogen-bond acceptors (Lipinski definition) is 4. The molecule has 1 aliphatic rings. The largest absolute Gasteiger partial charge is 0.460 e. The average molecular weight is 417 g/mol. The summed E-state index contributed by atoms with van der Waals surface area (Å²) in [5, 5.41) is 3.29. The lowest BCUT2D eigenvalue weighted by Crippen LogP contribution is -2.49. The Morgan fingerprint density at radius 1 is 1.14 bits per heavy atom. The molecule has 0 radical (unpaired) electrons. The van der Waals surface area contributed by atoms with Gasteiger partial charge in [0, 0.05) is 11.9 Å². The number of hydrogen-bond donors (Lipinski definition) is 1. The number of nitrogens with zero attached hydrogens (tertiary/aromatic N) is 2. The zero-order valence-corrected chi connectivity index (χ0v) is 17.3. The lowest BCUT2D eigenvalue weighted by atomic mass is 10.1. The Hall–Kier alpha value is -2.90. The molecule has 0 spiro atoms. The van der Waals surface area contributed by atoms with Crippen LogP contribution in [0.2, 0.25) is 5.02 Å². The van der Waals surface area contributed by atoms with Gasteiger partial charge in [0.15, 0.2) is 6.54 Å². The summed E-state index contributed by atoms with van der Waals surface area (Å²) in [7, 11) is 3.77. The van der Waals surface area contributed by atoms with E-state index in [0.29, 0.717) is 38.7 Å². The minimum Gasteiger partial charge on any atom is -0.460 e. The van der Waals surface area contributed by atoms with Gasteiger partial charge < -0.3 is 14.5 Å². The predicted octanol–water partition coefficient (Wildman–Crippen LogP) is 3.21. The summed E-state index contributed by atoms with van der Waals surface area (Å²) in [6.45, 7) is 2.20. The van der Waals surface area contributed by atoms with Crippen LogP contribution in [0.3, 0.4) is 0 Å². The Balaban J connectivity index is 1.97. The van der Waals surface area contributed by atoms with E-state index in [9.17, 15) is 14.4 Å². The molecule has 0 bridgehead atoms. The van der Waals surface area contributed by atoms with E-state index in [1.165, 1.54) is 6.92 Å². The number of amides is 2. The van der Waals surface area contributed by atoms with Crippen molar-refractivity contribution in [3.63, 3.8) is 0 Å². The minimum atomic E-state index is -0.354. The molecule has 7 nitrogen and oxygen atoms in total. The smallest absolute Gasteiger partial charge is 0.302 e. The number of nitrogens with one attached hydrogen (secondary N) is 1. The Labute approximate surface area is 174 Å². The van der Waals surface area contributed by atoms with Crippen LogP contribution in [0, 0.1) is 0 Å². The molecule has 2 amide bonds. The monoisotopic (exact) mass is 416 g/mol. The van der Waals surface area contributed by atoms with Gasteiger partial charge in [-0.1, -0.05) is 23.7 Å². The molecular weight excluding hydrogens is 394 g/mol. The molecule has 2 aromatic rings. The van der Waals surface area contributed by atoms with Gasteiger partial charge >= 0.3 is 5.97 Å². The number of benzene rings is 2. The third kappa shape index (κ3) is 4.75. The number of ether oxygens (including phenoxy) is 1. The summed E-state index contributed by atoms with van der Waals surface area (Å²) in [5.41, 5.74) is 1.93. The lowest BCUT2D eigenvalue weighted by molar-refractivity contribution is -0.882. The topological polar surface area (TPSA) is 75.7 Å². The van der Waals surface area contributed by atoms with Crippen molar-refractivity contribution < 1.29 is 23.6 Å². The Morgan fingerprint density at radius 3 is 2.59 bits per heavy atom. The van der Waals surface area contributed by atoms with Crippen LogP contribution in [0.1, 0.15) is 17.3 Å². The second kappa shape index (κ2) is 8.23. The number of para-hydroxylation sites is 1. The van der Waals surface area contributed by atoms with E-state index in [2.05, 4.69) is 5.32 Å². The standard InChI is InChI=1S/C21H22ClN3O4/c1-14(26)29-11-10-25(2,3)13-20(27)24-18-7-5-4-6-16(18)21(28)23-17-12-15(22)8-9-19(17)24/h4-9,12H,10-11,13H2,1-3H3/p+1. The fourth-order valence-electron chi connectivity index (χ4n) is 3.20. The van der Waals surface area contributed by atoms with Crippen LogP contribution in [0.4, 0.5) is 17.1 Å². The van der Waals surface area contributed by atoms with Crippen LogP contribution < -0.4 is 10.2 Å². The first-order chi connectivity index (χ1) is 13.7. The van der Waals surface area contributed by atoms with Crippen molar-refractivity contribution in [1.29, 1.82) is 0 Å². The molecule has 0 aromatic heterocycles. The van der Waals surface area contributed by atoms with Gasteiger partial charge in [-0.3, -0.25) is 19.3 Å². The van der Waals surface area contributed by atoms with E-state index in [-0.39, 0.29) is 30.9 Å². The zero-order valence-electron chi connectivity index (χ0n) is 16.6. The molecule has 1 heterocycles. The highest BCUT2D eigenvalue weighted by molar-refractivity contribution is 6.31. The van der Waals surface area contributed by atoms with E-state index < -0.39 is 0 Å². The minimum absolute atomic E-state index is 0.145. The molecule has 0 saturated heterocycles. The SMILES string of the molecule is CC(=O)OCC[N+](C)(C)CC(=O)N1c2ccc(Cl)cc2NC(=O)c2ccccc21. The van der Waals surface area contributed by atoms with Gasteiger partial charge in [0.05, 0.1) is 36.7 Å². The van der Waals surface area contributed by atoms with Gasteiger partial charge in [-0.2, -0.15) is 0 Å². The van der Waals surface area contributed by atoms with Crippen LogP contribution in [-0.2, 0) is 14.3 Å². The van der Waals surface area contributed by atoms with Crippen LogP contribution in [0.5, 0.6) is 0 Å². The van der Waals surface area contributed by atoms with E-state index in [1.807, 2.05) is 14.1 Å². The van der Waals surface area contributed by atoms with Gasteiger partial charge in [0.25, 0.3) is 11.8 Å². The molecule has 2 aromatic carbocycles. The first-order valence-electron chi connectivity index (χ1n) is 9.16. The number of anilines is 3. The van der Waals surface area contributed by atoms with Crippen LogP contribution in [0.15, 0.2) is 42.5 Å². The number of halogens is 1. The van der Waals surface area contributed by atoms with Crippen LogP contribution in [0.25, 0.3) is 0 Å². The van der Waals surface area contributed by atoms with Crippen molar-refractivity contribution in [1.82, 2.24) is 0 Å². The predicted molar refractivity (Wildman–Crippen MR) is 111 cm³/mol. The normalized spacial score (nSPS) is 13.1. The van der Waals surface area contributed by atoms with Crippen LogP contribution in [-0.4, -0.2) is 56.1 Å². The maximum Gasteiger partial charge on any atom is 0.302 e. The molecule has 0 saturated carbocycles. The molecule has 1 aliphatic heterocycles. The molecule has 152 valence electrons. The first kappa shape index (κ1) is 20.8. The van der Waals surface area contributed by atoms with Crippen molar-refractivity contribution in [2.75, 3.05) is 44.0 Å². The van der Waals surface area contributed by atoms with Gasteiger partial charge in [-0.25, -0.2) is 0 Å². The molecule has 0 atom stereocenters. The quantitative estimate of drug-likeness (QED) is 0.599. The number of carbonyl (C=O) groups excluding carboxylic acids is 3. The second-order valence-corrected chi connectivity index (χ2v) is 7.96. The average Bonchev–Trinajstić information content (AvgIpc) is 2.74. The third-order valence-electron chi connectivity index (χ3n) is 4.65. The lowest BCUT2D eigenvalue weighted by Gasteiger charge is -2.32. The van der Waals surface area contributed by atoms with E-state index in [4.69, 9.17) is 16.3 Å². The Kier molecular flexibility index (Phi) is 5.91. The summed E-state index contributed by atoms with van der Waals surface area (Å²) < 4.78 is 5.33. The van der Waals surface area contributed by atoms with Crippen molar-refractivity contribution >= 4 is 46.4 Å². The summed E-state index contributed by atoms with van der Waals surface area (Å²) in [6, 6.07) is 12.0. The first-order valence-corrected chi connectivity index (χ1v) is 9.54. The highest BCUT2D eigenvalue weighted by Gasteiger charge is 2.32. The molecule has 3 rings (SSSR count). The van der Waals surface area contributed by atoms with Gasteiger partial charge in [0.1, 0.15) is 13.2 Å². The molecule has 8 heteroatoms. The maximum absolute atomic E-state index is 13.4. The number of fused-ring (bicyclic) bond motifs is 2. The summed E-state index contributed by atoms with van der Waals surface area (Å²) >= 11 is 6.11. The molecule has 29 heavy (non-hydrogen) atoms. The maximum atomic E-state index is 13.4. The fourth-order valence-corrected chi connectivity index (χ4v) is 3.38. The van der Waals surface area contributed by atoms with Crippen molar-refractivity contribution in [2.24, 2.45) is 0 Å². The molecular formula is C21H23ClN3O4+. The van der Waals surface area contributed by atoms with Crippen molar-refractivity contribution in [3.8, 4) is 0 Å². The fraction of sp³-hybridized carbons (Fsp3) is 0.286. The number of esters is 1. The van der Waals surface area contributed by atoms with Crippen molar-refractivity contribution in [2.45, 2.75) is 6.92 Å². The highest BCUT2D eigenvalue weighted by Crippen LogP contribution is 2.39. The molecule has 0 fully saturated rings. The number of likely N-dealkylation sites (N-methyl/N-ethyl adjacent to an activating group) is 1. The van der Waals surface area contributed by atoms with E-state index in [0.717, 1.165) is 0 Å². The number of carbonyl (C=O) groups is 3. The summed E-state index contributed by atoms with van der Waals surface area (Å²) in [4.78, 5) is 38.7. The van der Waals surface area contributed by atoms with E-state index >= 15 is 0 Å². The van der Waals surface area contributed by atoms with Gasteiger partial charge in [-0.15, -0.1) is 0 Å². The molecule has 1 N–H and O–H groups in total. The summed E-state index contributed by atoms with van der Waals surface area (Å²) in [6.07, 6.45) is 0. The van der Waals surface area contributed by atoms with Crippen molar-refractivity contribution in [3.05, 3.63) is 53.1 Å². The summed E-state index contributed by atoms with van der Waals surface area (Å²) in [5.74, 6) is -0.846. The molecule has 0 unspecified atom stereocenters. The number of quaternary nitrogens is 1. The van der Waals surface area contributed by atoms with Crippen LogP contribution >= 0.6 is 11.6 Å². The van der Waals surface area contributed by atoms with E-state index in [1.54, 1.807) is 47.4 Å². The zero-order chi connectivity index (χ0) is 21.2. The van der Waals surface area contributed by atoms with Gasteiger partial charge in [-0.05, 0) is 30.3 Å². The van der Waals surface area contributed by atoms with Gasteiger partial charge in [0.2, 0.25) is 0 Å². The highest BCUT2D eigenvalue weighted by atomic mass is 35.5. The Morgan fingerprint density at radius 2 is 1.86 bits per heavy atom. The number of rotatable bonds is 5.